The number of carbonyl (C=O) groups excluding carboxylic acids is 2. The molecule has 2 amide bonds. The van der Waals surface area contributed by atoms with Crippen molar-refractivity contribution in [3.63, 3.8) is 0 Å². The molecule has 1 fully saturated rings. The van der Waals surface area contributed by atoms with Crippen molar-refractivity contribution in [3.8, 4) is 28.4 Å². The van der Waals surface area contributed by atoms with E-state index in [1.54, 1.807) is 45.3 Å². The molecule has 1 aliphatic heterocycles. The average Bonchev–Trinajstić information content (AvgIpc) is 3.28. The quantitative estimate of drug-likeness (QED) is 0.394. The van der Waals surface area contributed by atoms with Gasteiger partial charge < -0.3 is 34.5 Å². The fraction of sp³-hybridized carbons (Fsp3) is 0.382. The zero-order valence-corrected chi connectivity index (χ0v) is 25.8. The van der Waals surface area contributed by atoms with Crippen LogP contribution in [-0.4, -0.2) is 63.8 Å². The third kappa shape index (κ3) is 6.21. The van der Waals surface area contributed by atoms with E-state index in [-0.39, 0.29) is 29.0 Å². The third-order valence-electron chi connectivity index (χ3n) is 8.21. The van der Waals surface area contributed by atoms with E-state index in [0.717, 1.165) is 22.3 Å². The fourth-order valence-electron chi connectivity index (χ4n) is 6.11. The Morgan fingerprint density at radius 3 is 2.43 bits per heavy atom. The van der Waals surface area contributed by atoms with Gasteiger partial charge in [0.25, 0.3) is 0 Å². The van der Waals surface area contributed by atoms with Gasteiger partial charge in [0.05, 0.1) is 46.2 Å². The number of nitrogens with one attached hydrogen (secondary N) is 2. The number of carbonyl (C=O) groups is 2. The number of nitrogens with zero attached hydrogens (tertiary/aromatic N) is 1. The maximum atomic E-state index is 13.7. The number of anilines is 1. The lowest BCUT2D eigenvalue weighted by Crippen LogP contribution is -2.48. The van der Waals surface area contributed by atoms with Crippen LogP contribution in [0, 0.1) is 0 Å². The van der Waals surface area contributed by atoms with Gasteiger partial charge in [0.2, 0.25) is 23.0 Å². The van der Waals surface area contributed by atoms with Crippen molar-refractivity contribution >= 4 is 17.5 Å². The molecule has 3 atom stereocenters. The topological polar surface area (TPSA) is 115 Å². The second-order valence-corrected chi connectivity index (χ2v) is 11.0. The summed E-state index contributed by atoms with van der Waals surface area (Å²) >= 11 is 0. The normalized spacial score (nSPS) is 18.2. The molecule has 2 N–H and O–H groups in total. The standard InChI is InChI=1S/C34H39N3O7/c1-20(34(40)37-15-16-44-30(19-37)22-9-7-6-8-10-22)35-27-14-12-24-25(18-28(27)39)26(36-21(2)38)13-11-23-17-29(41-3)32(42-4)33(43-5)31(23)24/h6-10,12,14,17-18,20,26,30H,11,13,15-16,19H2,1-5H3,(H,35,39)(H,36,38)/t20-,26-,30?/m1/s1. The van der Waals surface area contributed by atoms with Crippen molar-refractivity contribution in [2.75, 3.05) is 46.3 Å². The van der Waals surface area contributed by atoms with E-state index < -0.39 is 12.1 Å². The molecule has 0 bridgehead atoms. The van der Waals surface area contributed by atoms with Crippen molar-refractivity contribution in [3.05, 3.63) is 81.5 Å². The number of fused-ring (bicyclic) bond motifs is 3. The molecule has 2 aliphatic rings. The summed E-state index contributed by atoms with van der Waals surface area (Å²) in [4.78, 5) is 41.2. The fourth-order valence-corrected chi connectivity index (χ4v) is 6.11. The molecule has 0 spiro atoms. The maximum Gasteiger partial charge on any atom is 0.244 e. The molecule has 3 aromatic rings. The number of amides is 2. The van der Waals surface area contributed by atoms with Gasteiger partial charge in [-0.3, -0.25) is 14.4 Å². The molecule has 10 nitrogen and oxygen atoms in total. The zero-order chi connectivity index (χ0) is 31.4. The first-order valence-corrected chi connectivity index (χ1v) is 14.7. The van der Waals surface area contributed by atoms with Crippen molar-refractivity contribution in [1.82, 2.24) is 10.2 Å². The van der Waals surface area contributed by atoms with Gasteiger partial charge in [-0.25, -0.2) is 0 Å². The summed E-state index contributed by atoms with van der Waals surface area (Å²) < 4.78 is 23.1. The number of methoxy groups -OCH3 is 3. The molecular formula is C34H39N3O7. The van der Waals surface area contributed by atoms with Crippen molar-refractivity contribution in [2.45, 2.75) is 44.9 Å². The van der Waals surface area contributed by atoms with Gasteiger partial charge in [0, 0.05) is 19.0 Å². The van der Waals surface area contributed by atoms with Crippen LogP contribution in [0.15, 0.2) is 59.4 Å². The second kappa shape index (κ2) is 13.4. The zero-order valence-electron chi connectivity index (χ0n) is 25.8. The lowest BCUT2D eigenvalue weighted by atomic mass is 9.95. The molecule has 3 aromatic carbocycles. The number of hydrogen-bond acceptors (Lipinski definition) is 8. The van der Waals surface area contributed by atoms with Crippen LogP contribution in [-0.2, 0) is 20.7 Å². The Morgan fingerprint density at radius 2 is 1.75 bits per heavy atom. The van der Waals surface area contributed by atoms with E-state index in [1.165, 1.54) is 6.92 Å². The lowest BCUT2D eigenvalue weighted by Gasteiger charge is -2.34. The first-order valence-electron chi connectivity index (χ1n) is 14.7. The SMILES string of the molecule is COc1cc2c(c(OC)c1OC)-c1ccc(N[C@H](C)C(=O)N3CCOC(c4ccccc4)C3)c(=O)cc1[C@H](NC(C)=O)CC2. The first-order chi connectivity index (χ1) is 21.2. The predicted molar refractivity (Wildman–Crippen MR) is 167 cm³/mol. The lowest BCUT2D eigenvalue weighted by molar-refractivity contribution is -0.139. The van der Waals surface area contributed by atoms with Gasteiger partial charge in [0.15, 0.2) is 11.5 Å². The van der Waals surface area contributed by atoms with E-state index in [0.29, 0.717) is 55.4 Å². The number of rotatable bonds is 8. The summed E-state index contributed by atoms with van der Waals surface area (Å²) in [7, 11) is 4.67. The molecular weight excluding hydrogens is 562 g/mol. The van der Waals surface area contributed by atoms with E-state index in [2.05, 4.69) is 10.6 Å². The van der Waals surface area contributed by atoms with E-state index in [4.69, 9.17) is 18.9 Å². The van der Waals surface area contributed by atoms with Crippen LogP contribution in [0.3, 0.4) is 0 Å². The van der Waals surface area contributed by atoms with E-state index in [9.17, 15) is 14.4 Å². The predicted octanol–water partition coefficient (Wildman–Crippen LogP) is 4.26. The van der Waals surface area contributed by atoms with Crippen molar-refractivity contribution in [2.24, 2.45) is 0 Å². The third-order valence-corrected chi connectivity index (χ3v) is 8.21. The smallest absolute Gasteiger partial charge is 0.244 e. The maximum absolute atomic E-state index is 13.7. The van der Waals surface area contributed by atoms with Crippen molar-refractivity contribution < 1.29 is 28.5 Å². The Labute approximate surface area is 257 Å². The minimum Gasteiger partial charge on any atom is -0.493 e. The summed E-state index contributed by atoms with van der Waals surface area (Å²) in [5.41, 5.74) is 4.06. The monoisotopic (exact) mass is 601 g/mol. The Hall–Kier alpha value is -4.57. The summed E-state index contributed by atoms with van der Waals surface area (Å²) in [5, 5.41) is 6.18. The number of hydrogen-bond donors (Lipinski definition) is 2. The van der Waals surface area contributed by atoms with Gasteiger partial charge in [-0.05, 0) is 60.2 Å². The number of ether oxygens (including phenoxy) is 4. The largest absolute Gasteiger partial charge is 0.493 e. The molecule has 1 aliphatic carbocycles. The molecule has 1 heterocycles. The van der Waals surface area contributed by atoms with Crippen LogP contribution in [0.2, 0.25) is 0 Å². The van der Waals surface area contributed by atoms with Crippen LogP contribution in [0.4, 0.5) is 5.69 Å². The van der Waals surface area contributed by atoms with E-state index in [1.807, 2.05) is 42.5 Å². The van der Waals surface area contributed by atoms with Crippen LogP contribution in [0.5, 0.6) is 17.2 Å². The number of morpholine rings is 1. The molecule has 10 heteroatoms. The van der Waals surface area contributed by atoms with E-state index >= 15 is 0 Å². The number of benzene rings is 2. The Kier molecular flexibility index (Phi) is 9.39. The molecule has 232 valence electrons. The van der Waals surface area contributed by atoms with Crippen LogP contribution < -0.4 is 30.3 Å². The molecule has 0 saturated carbocycles. The first kappa shape index (κ1) is 30.9. The highest BCUT2D eigenvalue weighted by Gasteiger charge is 2.31. The highest BCUT2D eigenvalue weighted by Crippen LogP contribution is 2.50. The van der Waals surface area contributed by atoms with Crippen molar-refractivity contribution in [1.29, 1.82) is 0 Å². The van der Waals surface area contributed by atoms with Crippen LogP contribution >= 0.6 is 0 Å². The molecule has 0 aromatic heterocycles. The van der Waals surface area contributed by atoms with Gasteiger partial charge in [-0.1, -0.05) is 36.4 Å². The molecule has 5 rings (SSSR count). The van der Waals surface area contributed by atoms with Gasteiger partial charge in [-0.2, -0.15) is 0 Å². The average molecular weight is 602 g/mol. The summed E-state index contributed by atoms with van der Waals surface area (Å²) in [6, 6.07) is 15.7. The molecule has 1 unspecified atom stereocenters. The van der Waals surface area contributed by atoms with Gasteiger partial charge in [-0.15, -0.1) is 0 Å². The summed E-state index contributed by atoms with van der Waals surface area (Å²) in [5.74, 6) is 1.11. The molecule has 44 heavy (non-hydrogen) atoms. The molecule has 0 radical (unpaired) electrons. The Bertz CT molecular complexity index is 1590. The van der Waals surface area contributed by atoms with Crippen LogP contribution in [0.25, 0.3) is 11.1 Å². The second-order valence-electron chi connectivity index (χ2n) is 11.0. The number of aryl methyl sites for hydroxylation is 1. The van der Waals surface area contributed by atoms with Gasteiger partial charge >= 0.3 is 0 Å². The van der Waals surface area contributed by atoms with Gasteiger partial charge in [0.1, 0.15) is 12.1 Å². The highest BCUT2D eigenvalue weighted by molar-refractivity contribution is 5.86. The summed E-state index contributed by atoms with van der Waals surface area (Å²) in [6.07, 6.45) is 0.945. The Morgan fingerprint density at radius 1 is 1.00 bits per heavy atom. The minimum atomic E-state index is -0.670. The molecule has 1 saturated heterocycles. The Balaban J connectivity index is 1.51. The van der Waals surface area contributed by atoms with Crippen LogP contribution in [0.1, 0.15) is 49.1 Å². The summed E-state index contributed by atoms with van der Waals surface area (Å²) in [6.45, 7) is 4.53. The highest BCUT2D eigenvalue weighted by atomic mass is 16.5. The minimum absolute atomic E-state index is 0.123.